The number of carbonyl (C=O) groups excluding carboxylic acids is 3. The number of hydrogen-bond donors (Lipinski definition) is 1. The summed E-state index contributed by atoms with van der Waals surface area (Å²) in [6, 6.07) is 5.88. The van der Waals surface area contributed by atoms with E-state index >= 15 is 0 Å². The average molecular weight is 440 g/mol. The Morgan fingerprint density at radius 2 is 1.72 bits per heavy atom. The Morgan fingerprint density at radius 3 is 2.19 bits per heavy atom. The molecule has 0 saturated heterocycles. The first-order valence-corrected chi connectivity index (χ1v) is 12.0. The topological polar surface area (TPSA) is 63.2 Å². The van der Waals surface area contributed by atoms with Crippen molar-refractivity contribution < 1.29 is 14.4 Å². The number of benzene rings is 1. The highest BCUT2D eigenvalue weighted by Crippen LogP contribution is 2.30. The summed E-state index contributed by atoms with van der Waals surface area (Å²) in [4.78, 5) is 34.9. The van der Waals surface area contributed by atoms with Crippen LogP contribution in [0.3, 0.4) is 0 Å². The van der Waals surface area contributed by atoms with Crippen LogP contribution in [0, 0.1) is 18.8 Å². The number of carbonyl (C=O) groups is 3. The monoisotopic (exact) mass is 439 g/mol. The first-order chi connectivity index (χ1) is 15.3. The largest absolute Gasteiger partial charge is 0.326 e. The fourth-order valence-electron chi connectivity index (χ4n) is 4.16. The van der Waals surface area contributed by atoms with Crippen molar-refractivity contribution in [1.82, 2.24) is 5.32 Å². The van der Waals surface area contributed by atoms with Gasteiger partial charge < -0.3 is 5.32 Å². The van der Waals surface area contributed by atoms with Gasteiger partial charge in [-0.2, -0.15) is 0 Å². The summed E-state index contributed by atoms with van der Waals surface area (Å²) in [5, 5.41) is 2.90. The van der Waals surface area contributed by atoms with E-state index in [1.807, 2.05) is 45.0 Å². The molecule has 1 aliphatic carbocycles. The van der Waals surface area contributed by atoms with Crippen LogP contribution in [0.4, 0.5) is 0 Å². The van der Waals surface area contributed by atoms with Gasteiger partial charge in [0.15, 0.2) is 11.6 Å². The Kier molecular flexibility index (Phi) is 12.5. The van der Waals surface area contributed by atoms with E-state index in [0.29, 0.717) is 12.1 Å². The van der Waals surface area contributed by atoms with E-state index in [-0.39, 0.29) is 23.4 Å². The van der Waals surface area contributed by atoms with Gasteiger partial charge in [-0.1, -0.05) is 51.5 Å². The van der Waals surface area contributed by atoms with Gasteiger partial charge in [0.25, 0.3) is 0 Å². The number of amides is 1. The molecule has 0 spiro atoms. The van der Waals surface area contributed by atoms with Crippen molar-refractivity contribution in [2.24, 2.45) is 11.8 Å². The lowest BCUT2D eigenvalue weighted by molar-refractivity contribution is -0.125. The molecule has 1 amide bonds. The molecule has 0 atom stereocenters. The van der Waals surface area contributed by atoms with Crippen molar-refractivity contribution in [3.63, 3.8) is 0 Å². The molecule has 1 aliphatic rings. The molecule has 0 unspecified atom stereocenters. The predicted molar refractivity (Wildman–Crippen MR) is 133 cm³/mol. The third-order valence-electron chi connectivity index (χ3n) is 6.22. The highest BCUT2D eigenvalue weighted by molar-refractivity contribution is 5.95. The minimum Gasteiger partial charge on any atom is -0.326 e. The molecule has 4 heteroatoms. The smallest absolute Gasteiger partial charge is 0.227 e. The summed E-state index contributed by atoms with van der Waals surface area (Å²) >= 11 is 0. The van der Waals surface area contributed by atoms with E-state index in [9.17, 15) is 14.4 Å². The molecule has 1 saturated carbocycles. The third kappa shape index (κ3) is 8.94. The van der Waals surface area contributed by atoms with Crippen LogP contribution in [0.1, 0.15) is 94.6 Å². The van der Waals surface area contributed by atoms with Gasteiger partial charge in [0.05, 0.1) is 0 Å². The van der Waals surface area contributed by atoms with Crippen LogP contribution >= 0.6 is 0 Å². The van der Waals surface area contributed by atoms with Crippen molar-refractivity contribution in [2.45, 2.75) is 86.5 Å². The Bertz CT molecular complexity index is 827. The van der Waals surface area contributed by atoms with Gasteiger partial charge in [-0.05, 0) is 76.0 Å². The number of nitrogens with one attached hydrogen (secondary N) is 1. The number of allylic oxidation sites excluding steroid dienone is 3. The van der Waals surface area contributed by atoms with E-state index in [0.717, 1.165) is 43.6 Å². The fourth-order valence-corrected chi connectivity index (χ4v) is 4.16. The van der Waals surface area contributed by atoms with Gasteiger partial charge in [0.2, 0.25) is 5.91 Å². The zero-order chi connectivity index (χ0) is 24.1. The van der Waals surface area contributed by atoms with E-state index in [1.165, 1.54) is 23.6 Å². The van der Waals surface area contributed by atoms with Crippen LogP contribution in [0.5, 0.6) is 0 Å². The Labute approximate surface area is 194 Å². The van der Waals surface area contributed by atoms with Crippen LogP contribution in [0.25, 0.3) is 0 Å². The summed E-state index contributed by atoms with van der Waals surface area (Å²) < 4.78 is 0. The molecule has 1 aromatic carbocycles. The maximum atomic E-state index is 12.3. The number of aryl methyl sites for hydroxylation is 1. The predicted octanol–water partition coefficient (Wildman–Crippen LogP) is 6.52. The minimum absolute atomic E-state index is 0.0353. The van der Waals surface area contributed by atoms with Gasteiger partial charge in [0.1, 0.15) is 0 Å². The zero-order valence-corrected chi connectivity index (χ0v) is 20.8. The summed E-state index contributed by atoms with van der Waals surface area (Å²) in [5.74, 6) is 1.14. The standard InChI is InChI=1S/C17H27NO2.C11H14O/c1-4-7-15(12-16(19)6-3)18-17(20)14-10-8-13(5-2)9-11-14;1-4-10-8(2)6-5-7-11(10)9(3)12/h4,7,12-14H,5-6,8-11H2,1-3H3,(H,18,20);5-7H,4H2,1-3H3/b7-4-,15-12+;. The lowest BCUT2D eigenvalue weighted by Gasteiger charge is -2.27. The molecule has 0 radical (unpaired) electrons. The molecular formula is C28H41NO3. The van der Waals surface area contributed by atoms with Crippen LogP contribution in [0.2, 0.25) is 0 Å². The van der Waals surface area contributed by atoms with Crippen LogP contribution in [-0.2, 0) is 16.0 Å². The first kappa shape index (κ1) is 27.5. The molecule has 1 fully saturated rings. The molecule has 0 bridgehead atoms. The molecular weight excluding hydrogens is 398 g/mol. The van der Waals surface area contributed by atoms with E-state index < -0.39 is 0 Å². The molecule has 32 heavy (non-hydrogen) atoms. The van der Waals surface area contributed by atoms with Gasteiger partial charge in [-0.15, -0.1) is 0 Å². The average Bonchev–Trinajstić information content (AvgIpc) is 2.79. The maximum Gasteiger partial charge on any atom is 0.227 e. The normalized spacial score (nSPS) is 18.6. The molecule has 176 valence electrons. The van der Waals surface area contributed by atoms with Gasteiger partial charge in [-0.3, -0.25) is 14.4 Å². The number of hydrogen-bond acceptors (Lipinski definition) is 3. The number of rotatable bonds is 8. The summed E-state index contributed by atoms with van der Waals surface area (Å²) in [5.41, 5.74) is 3.88. The molecule has 0 heterocycles. The minimum atomic E-state index is 0.0353. The van der Waals surface area contributed by atoms with Crippen LogP contribution in [0.15, 0.2) is 42.1 Å². The fraction of sp³-hybridized carbons (Fsp3) is 0.536. The van der Waals surface area contributed by atoms with Crippen molar-refractivity contribution in [3.05, 3.63) is 58.8 Å². The van der Waals surface area contributed by atoms with Gasteiger partial charge in [-0.25, -0.2) is 0 Å². The Morgan fingerprint density at radius 1 is 1.06 bits per heavy atom. The van der Waals surface area contributed by atoms with Crippen molar-refractivity contribution in [2.75, 3.05) is 0 Å². The second-order valence-corrected chi connectivity index (χ2v) is 8.55. The number of ketones is 2. The van der Waals surface area contributed by atoms with Gasteiger partial charge >= 0.3 is 0 Å². The van der Waals surface area contributed by atoms with Gasteiger partial charge in [0, 0.05) is 29.7 Å². The molecule has 0 aromatic heterocycles. The molecule has 1 aromatic rings. The van der Waals surface area contributed by atoms with E-state index in [2.05, 4.69) is 19.2 Å². The number of Topliss-reactive ketones (excluding diaryl/α,β-unsaturated/α-hetero) is 1. The zero-order valence-electron chi connectivity index (χ0n) is 20.8. The van der Waals surface area contributed by atoms with Crippen LogP contribution in [-0.4, -0.2) is 17.5 Å². The van der Waals surface area contributed by atoms with Crippen LogP contribution < -0.4 is 5.32 Å². The molecule has 1 N–H and O–H groups in total. The lowest BCUT2D eigenvalue weighted by Crippen LogP contribution is -2.32. The van der Waals surface area contributed by atoms with E-state index in [4.69, 9.17) is 0 Å². The summed E-state index contributed by atoms with van der Waals surface area (Å²) in [7, 11) is 0. The molecule has 2 rings (SSSR count). The quantitative estimate of drug-likeness (QED) is 0.285. The van der Waals surface area contributed by atoms with Crippen molar-refractivity contribution >= 4 is 17.5 Å². The third-order valence-corrected chi connectivity index (χ3v) is 6.22. The molecule has 0 aliphatic heterocycles. The highest BCUT2D eigenvalue weighted by atomic mass is 16.2. The van der Waals surface area contributed by atoms with Crippen molar-refractivity contribution in [3.8, 4) is 0 Å². The maximum absolute atomic E-state index is 12.3. The second-order valence-electron chi connectivity index (χ2n) is 8.55. The summed E-state index contributed by atoms with van der Waals surface area (Å²) in [6.07, 6.45) is 12.0. The summed E-state index contributed by atoms with van der Waals surface area (Å²) in [6.45, 7) is 11.7. The lowest BCUT2D eigenvalue weighted by atomic mass is 9.80. The molecule has 4 nitrogen and oxygen atoms in total. The Balaban J connectivity index is 0.000000363. The second kappa shape index (κ2) is 14.5. The highest BCUT2D eigenvalue weighted by Gasteiger charge is 2.25. The van der Waals surface area contributed by atoms with Crippen molar-refractivity contribution in [1.29, 1.82) is 0 Å². The van der Waals surface area contributed by atoms with E-state index in [1.54, 1.807) is 13.0 Å². The first-order valence-electron chi connectivity index (χ1n) is 12.0. The Hall–Kier alpha value is -2.49. The SMILES string of the molecule is C/C=C\C(=C/C(=O)CC)NC(=O)C1CCC(CC)CC1.CCc1c(C)cccc1C(C)=O.